The highest BCUT2D eigenvalue weighted by atomic mass is 28.4. The number of aryl methyl sites for hydroxylation is 4. The van der Waals surface area contributed by atoms with E-state index in [4.69, 9.17) is 43.7 Å². The molecule has 0 saturated carbocycles. The van der Waals surface area contributed by atoms with Crippen LogP contribution in [0.15, 0.2) is 18.2 Å². The van der Waals surface area contributed by atoms with Crippen LogP contribution in [0.4, 0.5) is 16.2 Å². The van der Waals surface area contributed by atoms with Gasteiger partial charge in [0, 0.05) is 0 Å². The van der Waals surface area contributed by atoms with Crippen molar-refractivity contribution in [2.24, 2.45) is 0 Å². The summed E-state index contributed by atoms with van der Waals surface area (Å²) in [6.07, 6.45) is 2.34. The zero-order chi connectivity index (χ0) is 49.2. The summed E-state index contributed by atoms with van der Waals surface area (Å²) in [5.41, 5.74) is 10.9. The van der Waals surface area contributed by atoms with Crippen molar-refractivity contribution >= 4 is 51.1 Å². The van der Waals surface area contributed by atoms with Gasteiger partial charge < -0.3 is 33.5 Å². The number of nitrogens with zero attached hydrogens (tertiary/aromatic N) is 4. The molecule has 4 aromatic rings. The number of hydrogen-bond acceptors (Lipinski definition) is 11. The van der Waals surface area contributed by atoms with Gasteiger partial charge in [-0.05, 0) is 149 Å². The Balaban J connectivity index is 0.000000365. The van der Waals surface area contributed by atoms with E-state index in [1.807, 2.05) is 24.4 Å². The van der Waals surface area contributed by atoms with Crippen molar-refractivity contribution < 1.29 is 37.4 Å². The maximum atomic E-state index is 13.2. The Morgan fingerprint density at radius 1 is 0.719 bits per heavy atom. The van der Waals surface area contributed by atoms with E-state index in [0.717, 1.165) is 29.7 Å². The number of esters is 1. The number of rotatable bonds is 15. The molecule has 0 unspecified atom stereocenters. The highest BCUT2D eigenvalue weighted by molar-refractivity contribution is 6.74. The standard InChI is InChI=1S/C28H47N3O6Si.C20H35N3O2Si/c1-14-35-24(32)22-19(15-16-28(9,10)37-38(12,13)27(6,7)8)30-31-18(2)23(34-11)20(17-21(22)31)29-25(33)36-26(3,4)5;1-14-18(24-7)17(21)13-16-12-15(22-23(14)16)10-11-20(5,6)25-26(8,9)19(2,3)4/h17H,14-16H2,1-13H3,(H,29,33);12-13H,10-11,21H2,1-9H3. The van der Waals surface area contributed by atoms with E-state index in [1.165, 1.54) is 7.11 Å². The summed E-state index contributed by atoms with van der Waals surface area (Å²) in [7, 11) is -0.650. The molecule has 0 aromatic carbocycles. The summed E-state index contributed by atoms with van der Waals surface area (Å²) < 4.78 is 38.8. The molecule has 14 nitrogen and oxygen atoms in total. The number of carbonyl (C=O) groups excluding carboxylic acids is 2. The fraction of sp³-hybridized carbons (Fsp3) is 0.667. The highest BCUT2D eigenvalue weighted by Gasteiger charge is 2.42. The summed E-state index contributed by atoms with van der Waals surface area (Å²) in [6, 6.07) is 5.70. The van der Waals surface area contributed by atoms with Crippen molar-refractivity contribution in [1.29, 1.82) is 0 Å². The number of aromatic nitrogens is 4. The lowest BCUT2D eigenvalue weighted by Crippen LogP contribution is -2.47. The Kier molecular flexibility index (Phi) is 16.7. The van der Waals surface area contributed by atoms with Crippen molar-refractivity contribution in [3.63, 3.8) is 0 Å². The molecule has 0 aliphatic carbocycles. The second-order valence-corrected chi connectivity index (χ2v) is 31.5. The molecule has 0 fully saturated rings. The molecule has 0 aliphatic heterocycles. The number of methoxy groups -OCH3 is 2. The van der Waals surface area contributed by atoms with Crippen molar-refractivity contribution in [3.05, 3.63) is 46.5 Å². The van der Waals surface area contributed by atoms with E-state index < -0.39 is 39.9 Å². The Hall–Kier alpha value is -4.13. The predicted molar refractivity (Wildman–Crippen MR) is 265 cm³/mol. The number of nitrogens with one attached hydrogen (secondary N) is 1. The minimum atomic E-state index is -2.01. The first kappa shape index (κ1) is 54.2. The summed E-state index contributed by atoms with van der Waals surface area (Å²) >= 11 is 0. The molecule has 0 radical (unpaired) electrons. The second-order valence-electron chi connectivity index (χ2n) is 22.1. The maximum absolute atomic E-state index is 13.2. The van der Waals surface area contributed by atoms with Gasteiger partial charge in [-0.15, -0.1) is 0 Å². The second kappa shape index (κ2) is 19.8. The largest absolute Gasteiger partial charge is 0.493 e. The summed E-state index contributed by atoms with van der Waals surface area (Å²) in [4.78, 5) is 25.7. The summed E-state index contributed by atoms with van der Waals surface area (Å²) in [6.45, 7) is 42.3. The molecule has 360 valence electrons. The van der Waals surface area contributed by atoms with Crippen molar-refractivity contribution in [2.75, 3.05) is 31.9 Å². The highest BCUT2D eigenvalue weighted by Crippen LogP contribution is 2.42. The normalized spacial score (nSPS) is 13.2. The molecule has 4 aromatic heterocycles. The van der Waals surface area contributed by atoms with Crippen molar-refractivity contribution in [1.82, 2.24) is 19.2 Å². The molecule has 0 spiro atoms. The van der Waals surface area contributed by atoms with Gasteiger partial charge >= 0.3 is 12.1 Å². The first-order valence-electron chi connectivity index (χ1n) is 22.5. The molecule has 3 N–H and O–H groups in total. The quantitative estimate of drug-likeness (QED) is 0.0862. The number of nitrogen functional groups attached to an aromatic ring is 1. The molecule has 1 amide bonds. The fourth-order valence-corrected chi connectivity index (χ4v) is 10.7. The first-order valence-corrected chi connectivity index (χ1v) is 28.3. The molecule has 0 bridgehead atoms. The smallest absolute Gasteiger partial charge is 0.412 e. The van der Waals surface area contributed by atoms with Gasteiger partial charge in [-0.1, -0.05) is 41.5 Å². The molecule has 4 heterocycles. The van der Waals surface area contributed by atoms with E-state index in [0.29, 0.717) is 58.2 Å². The lowest BCUT2D eigenvalue weighted by Gasteiger charge is -2.42. The Morgan fingerprint density at radius 3 is 1.69 bits per heavy atom. The van der Waals surface area contributed by atoms with Gasteiger partial charge in [0.25, 0.3) is 0 Å². The predicted octanol–water partition coefficient (Wildman–Crippen LogP) is 11.9. The number of hydrogen-bond donors (Lipinski definition) is 2. The van der Waals surface area contributed by atoms with Gasteiger partial charge in [0.15, 0.2) is 28.1 Å². The molecule has 0 atom stereocenters. The SMILES string of the molecule is CCOC(=O)c1c(CCC(C)(C)O[Si](C)(C)C(C)(C)C)nn2c(C)c(OC)c(NC(=O)OC(C)(C)C)cc12.COc1c(N)cc2cc(CCC(C)(C)O[Si](C)(C)C(C)(C)C)nn2c1C. The van der Waals surface area contributed by atoms with Gasteiger partial charge in [0.05, 0.1) is 77.2 Å². The van der Waals surface area contributed by atoms with Crippen molar-refractivity contribution in [3.8, 4) is 11.5 Å². The number of carbonyl (C=O) groups is 2. The van der Waals surface area contributed by atoms with Crippen LogP contribution >= 0.6 is 0 Å². The van der Waals surface area contributed by atoms with Crippen molar-refractivity contribution in [2.45, 2.75) is 190 Å². The van der Waals surface area contributed by atoms with Crippen LogP contribution in [0.1, 0.15) is 143 Å². The number of ether oxygens (including phenoxy) is 4. The van der Waals surface area contributed by atoms with Crippen LogP contribution in [0.5, 0.6) is 11.5 Å². The zero-order valence-corrected chi connectivity index (χ0v) is 45.4. The van der Waals surface area contributed by atoms with Crippen LogP contribution < -0.4 is 20.5 Å². The van der Waals surface area contributed by atoms with Crippen LogP contribution in [0.25, 0.3) is 11.0 Å². The maximum Gasteiger partial charge on any atom is 0.412 e. The monoisotopic (exact) mass is 927 g/mol. The van der Waals surface area contributed by atoms with Crippen LogP contribution in [0, 0.1) is 13.8 Å². The molecule has 0 saturated heterocycles. The third-order valence-electron chi connectivity index (χ3n) is 12.3. The van der Waals surface area contributed by atoms with E-state index in [1.54, 1.807) is 45.4 Å². The van der Waals surface area contributed by atoms with Gasteiger partial charge in [-0.25, -0.2) is 18.6 Å². The lowest BCUT2D eigenvalue weighted by molar-refractivity contribution is 0.0523. The molecular weight excluding hydrogens is 845 g/mol. The minimum absolute atomic E-state index is 0.0780. The van der Waals surface area contributed by atoms with E-state index in [2.05, 4.69) is 107 Å². The van der Waals surface area contributed by atoms with Gasteiger partial charge in [0.1, 0.15) is 11.2 Å². The van der Waals surface area contributed by atoms with E-state index in [-0.39, 0.29) is 22.3 Å². The molecule has 16 heteroatoms. The number of nitrogens with two attached hydrogens (primary N) is 1. The lowest BCUT2D eigenvalue weighted by atomic mass is 9.99. The number of anilines is 2. The molecule has 4 rings (SSSR count). The van der Waals surface area contributed by atoms with E-state index >= 15 is 0 Å². The molecule has 64 heavy (non-hydrogen) atoms. The minimum Gasteiger partial charge on any atom is -0.493 e. The van der Waals surface area contributed by atoms with Crippen LogP contribution in [-0.4, -0.2) is 85.6 Å². The third-order valence-corrected chi connectivity index (χ3v) is 21.7. The average molecular weight is 927 g/mol. The average Bonchev–Trinajstić information content (AvgIpc) is 3.69. The van der Waals surface area contributed by atoms with Gasteiger partial charge in [-0.3, -0.25) is 5.32 Å². The number of amides is 1. The Labute approximate surface area is 385 Å². The fourth-order valence-electron chi connectivity index (χ4n) is 7.10. The van der Waals surface area contributed by atoms with Gasteiger partial charge in [-0.2, -0.15) is 10.2 Å². The third kappa shape index (κ3) is 13.5. The summed E-state index contributed by atoms with van der Waals surface area (Å²) in [5.74, 6) is 0.650. The topological polar surface area (TPSA) is 162 Å². The molecule has 0 aliphatic rings. The number of pyridine rings is 2. The first-order chi connectivity index (χ1) is 29.0. The molecular formula is C48H82N6O8Si2. The zero-order valence-electron chi connectivity index (χ0n) is 43.4. The number of fused-ring (bicyclic) bond motifs is 2. The van der Waals surface area contributed by atoms with Crippen LogP contribution in [0.3, 0.4) is 0 Å². The summed E-state index contributed by atoms with van der Waals surface area (Å²) in [5, 5.41) is 12.6. The van der Waals surface area contributed by atoms with E-state index in [9.17, 15) is 9.59 Å². The Morgan fingerprint density at radius 2 is 1.22 bits per heavy atom. The van der Waals surface area contributed by atoms with Crippen LogP contribution in [0.2, 0.25) is 36.3 Å². The van der Waals surface area contributed by atoms with Gasteiger partial charge in [0.2, 0.25) is 0 Å². The Bertz CT molecular complexity index is 2270. The van der Waals surface area contributed by atoms with Crippen LogP contribution in [-0.2, 0) is 31.2 Å².